The molecule has 1 fully saturated rings. The van der Waals surface area contributed by atoms with Crippen molar-refractivity contribution in [1.29, 1.82) is 0 Å². The number of hydrogen-bond donors (Lipinski definition) is 1. The average Bonchev–Trinajstić information content (AvgIpc) is 2.90. The van der Waals surface area contributed by atoms with Crippen LogP contribution in [-0.4, -0.2) is 23.2 Å². The molecular weight excluding hydrogens is 318 g/mol. The molecule has 106 valence electrons. The molecule has 1 aliphatic rings. The van der Waals surface area contributed by atoms with Crippen LogP contribution in [0.2, 0.25) is 0 Å². The molecule has 1 aromatic carbocycles. The highest BCUT2D eigenvalue weighted by atomic mass is 79.9. The largest absolute Gasteiger partial charge is 0.339 e. The molecule has 3 rings (SSSR count). The topological polar surface area (TPSA) is 51.0 Å². The van der Waals surface area contributed by atoms with E-state index in [4.69, 9.17) is 4.52 Å². The molecule has 0 atom stereocenters. The predicted octanol–water partition coefficient (Wildman–Crippen LogP) is 2.97. The van der Waals surface area contributed by atoms with Gasteiger partial charge in [-0.05, 0) is 49.5 Å². The minimum absolute atomic E-state index is 0.678. The molecule has 0 radical (unpaired) electrons. The van der Waals surface area contributed by atoms with Crippen molar-refractivity contribution in [3.05, 3.63) is 46.0 Å². The summed E-state index contributed by atoms with van der Waals surface area (Å²) in [5, 5.41) is 7.46. The Labute approximate surface area is 127 Å². The van der Waals surface area contributed by atoms with E-state index in [0.29, 0.717) is 5.92 Å². The van der Waals surface area contributed by atoms with Crippen molar-refractivity contribution in [3.8, 4) is 0 Å². The Morgan fingerprint density at radius 3 is 2.70 bits per heavy atom. The first-order valence-corrected chi connectivity index (χ1v) is 7.85. The highest BCUT2D eigenvalue weighted by Gasteiger charge is 2.17. The third kappa shape index (κ3) is 3.67. The minimum atomic E-state index is 0.678. The van der Waals surface area contributed by atoms with Crippen molar-refractivity contribution in [3.63, 3.8) is 0 Å². The van der Waals surface area contributed by atoms with Crippen LogP contribution < -0.4 is 5.32 Å². The van der Waals surface area contributed by atoms with Gasteiger partial charge in [-0.1, -0.05) is 33.2 Å². The van der Waals surface area contributed by atoms with E-state index in [9.17, 15) is 0 Å². The normalized spacial score (nSPS) is 16.4. The molecule has 0 saturated carbocycles. The maximum atomic E-state index is 5.37. The Kier molecular flexibility index (Phi) is 4.47. The van der Waals surface area contributed by atoms with Gasteiger partial charge in [-0.3, -0.25) is 0 Å². The second-order valence-electron chi connectivity index (χ2n) is 5.31. The summed E-state index contributed by atoms with van der Waals surface area (Å²) in [6.07, 6.45) is 4.03. The molecule has 2 aromatic rings. The minimum Gasteiger partial charge on any atom is -0.339 e. The standard InChI is InChI=1S/C15H18BrN3O/c16-13-3-1-11(2-4-13)9-14-18-15(20-19-14)10-12-5-7-17-8-6-12/h1-4,12,17H,5-10H2. The molecule has 20 heavy (non-hydrogen) atoms. The molecule has 5 heteroatoms. The lowest BCUT2D eigenvalue weighted by molar-refractivity contribution is 0.312. The summed E-state index contributed by atoms with van der Waals surface area (Å²) in [6, 6.07) is 8.22. The molecule has 0 aliphatic carbocycles. The zero-order chi connectivity index (χ0) is 13.8. The molecule has 1 N–H and O–H groups in total. The summed E-state index contributed by atoms with van der Waals surface area (Å²) >= 11 is 3.44. The molecule has 0 amide bonds. The van der Waals surface area contributed by atoms with Gasteiger partial charge in [0.1, 0.15) is 0 Å². The van der Waals surface area contributed by atoms with Crippen LogP contribution in [0.5, 0.6) is 0 Å². The van der Waals surface area contributed by atoms with Crippen LogP contribution in [0.25, 0.3) is 0 Å². The Bertz CT molecular complexity index is 547. The van der Waals surface area contributed by atoms with Crippen LogP contribution in [0.15, 0.2) is 33.3 Å². The van der Waals surface area contributed by atoms with Gasteiger partial charge in [-0.2, -0.15) is 4.98 Å². The number of aromatic nitrogens is 2. The Hall–Kier alpha value is -1.20. The van der Waals surface area contributed by atoms with Crippen LogP contribution in [0.3, 0.4) is 0 Å². The summed E-state index contributed by atoms with van der Waals surface area (Å²) in [7, 11) is 0. The fraction of sp³-hybridized carbons (Fsp3) is 0.467. The summed E-state index contributed by atoms with van der Waals surface area (Å²) in [4.78, 5) is 4.51. The lowest BCUT2D eigenvalue weighted by atomic mass is 9.95. The number of halogens is 1. The van der Waals surface area contributed by atoms with E-state index < -0.39 is 0 Å². The first kappa shape index (κ1) is 13.8. The van der Waals surface area contributed by atoms with Gasteiger partial charge in [0.25, 0.3) is 0 Å². The quantitative estimate of drug-likeness (QED) is 0.933. The smallest absolute Gasteiger partial charge is 0.226 e. The fourth-order valence-electron chi connectivity index (χ4n) is 2.56. The van der Waals surface area contributed by atoms with E-state index in [-0.39, 0.29) is 0 Å². The zero-order valence-corrected chi connectivity index (χ0v) is 12.9. The fourth-order valence-corrected chi connectivity index (χ4v) is 2.83. The van der Waals surface area contributed by atoms with Gasteiger partial charge in [-0.25, -0.2) is 0 Å². The van der Waals surface area contributed by atoms with Gasteiger partial charge in [0.05, 0.1) is 0 Å². The van der Waals surface area contributed by atoms with Gasteiger partial charge in [0.15, 0.2) is 5.82 Å². The highest BCUT2D eigenvalue weighted by molar-refractivity contribution is 9.10. The number of hydrogen-bond acceptors (Lipinski definition) is 4. The third-order valence-corrected chi connectivity index (χ3v) is 4.24. The van der Waals surface area contributed by atoms with Crippen LogP contribution in [0, 0.1) is 5.92 Å². The van der Waals surface area contributed by atoms with E-state index in [1.54, 1.807) is 0 Å². The van der Waals surface area contributed by atoms with Crippen molar-refractivity contribution < 1.29 is 4.52 Å². The van der Waals surface area contributed by atoms with Crippen molar-refractivity contribution in [2.75, 3.05) is 13.1 Å². The maximum absolute atomic E-state index is 5.37. The lowest BCUT2D eigenvalue weighted by Crippen LogP contribution is -2.28. The SMILES string of the molecule is Brc1ccc(Cc2noc(CC3CCNCC3)n2)cc1. The van der Waals surface area contributed by atoms with E-state index in [0.717, 1.165) is 42.1 Å². The number of nitrogens with zero attached hydrogens (tertiary/aromatic N) is 2. The second kappa shape index (κ2) is 6.50. The Morgan fingerprint density at radius 1 is 1.20 bits per heavy atom. The summed E-state index contributed by atoms with van der Waals surface area (Å²) in [5.74, 6) is 2.23. The van der Waals surface area contributed by atoms with Gasteiger partial charge >= 0.3 is 0 Å². The van der Waals surface area contributed by atoms with E-state index in [1.165, 1.54) is 18.4 Å². The Balaban J connectivity index is 1.60. The Morgan fingerprint density at radius 2 is 1.95 bits per heavy atom. The number of piperidine rings is 1. The maximum Gasteiger partial charge on any atom is 0.226 e. The molecular formula is C15H18BrN3O. The zero-order valence-electron chi connectivity index (χ0n) is 11.3. The van der Waals surface area contributed by atoms with Gasteiger partial charge in [0, 0.05) is 17.3 Å². The predicted molar refractivity (Wildman–Crippen MR) is 80.5 cm³/mol. The lowest BCUT2D eigenvalue weighted by Gasteiger charge is -2.20. The first-order valence-electron chi connectivity index (χ1n) is 7.06. The molecule has 0 unspecified atom stereocenters. The second-order valence-corrected chi connectivity index (χ2v) is 6.22. The van der Waals surface area contributed by atoms with Crippen LogP contribution in [-0.2, 0) is 12.8 Å². The van der Waals surface area contributed by atoms with Crippen molar-refractivity contribution >= 4 is 15.9 Å². The van der Waals surface area contributed by atoms with E-state index in [2.05, 4.69) is 43.5 Å². The van der Waals surface area contributed by atoms with Crippen LogP contribution >= 0.6 is 15.9 Å². The monoisotopic (exact) mass is 335 g/mol. The number of nitrogens with one attached hydrogen (secondary N) is 1. The van der Waals surface area contributed by atoms with Gasteiger partial charge < -0.3 is 9.84 Å². The molecule has 0 spiro atoms. The summed E-state index contributed by atoms with van der Waals surface area (Å²) in [6.45, 7) is 2.20. The summed E-state index contributed by atoms with van der Waals surface area (Å²) in [5.41, 5.74) is 1.20. The van der Waals surface area contributed by atoms with Crippen LogP contribution in [0.4, 0.5) is 0 Å². The number of benzene rings is 1. The molecule has 4 nitrogen and oxygen atoms in total. The van der Waals surface area contributed by atoms with Crippen molar-refractivity contribution in [2.24, 2.45) is 5.92 Å². The van der Waals surface area contributed by atoms with Gasteiger partial charge in [0.2, 0.25) is 5.89 Å². The average molecular weight is 336 g/mol. The highest BCUT2D eigenvalue weighted by Crippen LogP contribution is 2.18. The van der Waals surface area contributed by atoms with Crippen LogP contribution in [0.1, 0.15) is 30.1 Å². The van der Waals surface area contributed by atoms with Crippen molar-refractivity contribution in [2.45, 2.75) is 25.7 Å². The first-order chi connectivity index (χ1) is 9.79. The van der Waals surface area contributed by atoms with E-state index in [1.807, 2.05) is 12.1 Å². The molecule has 0 bridgehead atoms. The van der Waals surface area contributed by atoms with Gasteiger partial charge in [-0.15, -0.1) is 0 Å². The number of rotatable bonds is 4. The molecule has 1 saturated heterocycles. The third-order valence-electron chi connectivity index (χ3n) is 3.71. The van der Waals surface area contributed by atoms with Crippen molar-refractivity contribution in [1.82, 2.24) is 15.5 Å². The molecule has 2 heterocycles. The molecule has 1 aliphatic heterocycles. The summed E-state index contributed by atoms with van der Waals surface area (Å²) < 4.78 is 6.46. The molecule has 1 aromatic heterocycles. The van der Waals surface area contributed by atoms with E-state index >= 15 is 0 Å².